The molecule has 4 atom stereocenters. The van der Waals surface area contributed by atoms with E-state index < -0.39 is 26.9 Å². The summed E-state index contributed by atoms with van der Waals surface area (Å²) in [5, 5.41) is 0.822. The van der Waals surface area contributed by atoms with Gasteiger partial charge in [-0.2, -0.15) is 0 Å². The Labute approximate surface area is 252 Å². The van der Waals surface area contributed by atoms with Gasteiger partial charge in [-0.15, -0.1) is 0 Å². The lowest BCUT2D eigenvalue weighted by Crippen LogP contribution is -2.61. The van der Waals surface area contributed by atoms with Crippen molar-refractivity contribution in [2.45, 2.75) is 75.1 Å². The van der Waals surface area contributed by atoms with E-state index in [4.69, 9.17) is 27.9 Å². The van der Waals surface area contributed by atoms with Crippen molar-refractivity contribution in [1.82, 2.24) is 9.62 Å². The molecular weight excluding hydrogens is 583 g/mol. The minimum absolute atomic E-state index is 0.124. The van der Waals surface area contributed by atoms with Crippen LogP contribution in [0.2, 0.25) is 10.0 Å². The van der Waals surface area contributed by atoms with Gasteiger partial charge in [0, 0.05) is 28.5 Å². The van der Waals surface area contributed by atoms with Crippen LogP contribution in [0.1, 0.15) is 75.0 Å². The first-order chi connectivity index (χ1) is 19.5. The maximum Gasteiger partial charge on any atom is 0.312 e. The normalized spacial score (nSPS) is 28.3. The van der Waals surface area contributed by atoms with E-state index in [1.165, 1.54) is 7.11 Å². The van der Waals surface area contributed by atoms with E-state index in [2.05, 4.69) is 4.72 Å². The van der Waals surface area contributed by atoms with Crippen molar-refractivity contribution in [1.29, 1.82) is 0 Å². The van der Waals surface area contributed by atoms with Crippen LogP contribution in [-0.2, 0) is 24.3 Å². The molecule has 0 aromatic heterocycles. The Hall–Kier alpha value is -2.13. The number of amides is 1. The second-order valence-corrected chi connectivity index (χ2v) is 15.4. The van der Waals surface area contributed by atoms with Gasteiger partial charge in [-0.1, -0.05) is 47.5 Å². The van der Waals surface area contributed by atoms with Crippen LogP contribution in [0.15, 0.2) is 48.5 Å². The van der Waals surface area contributed by atoms with Gasteiger partial charge < -0.3 is 9.64 Å². The molecule has 3 saturated carbocycles. The Morgan fingerprint density at radius 2 is 1.73 bits per heavy atom. The van der Waals surface area contributed by atoms with E-state index in [1.54, 1.807) is 0 Å². The summed E-state index contributed by atoms with van der Waals surface area (Å²) in [6.07, 6.45) is 4.72. The highest BCUT2D eigenvalue weighted by atomic mass is 35.5. The fraction of sp³-hybridized carbons (Fsp3) is 0.548. The molecule has 1 aliphatic heterocycles. The molecule has 41 heavy (non-hydrogen) atoms. The van der Waals surface area contributed by atoms with Crippen LogP contribution in [-0.4, -0.2) is 50.1 Å². The largest absolute Gasteiger partial charge is 0.469 e. The average molecular weight is 620 g/mol. The lowest BCUT2D eigenvalue weighted by molar-refractivity contribution is -0.172. The second-order valence-electron chi connectivity index (χ2n) is 12.5. The van der Waals surface area contributed by atoms with E-state index in [-0.39, 0.29) is 41.5 Å². The SMILES string of the molecule is COC(=O)C1([C@]2(C)C[C@H](c3cccc(Cl)c3)[C@@H](c3ccc(Cl)cc3)N([C@H](CNS(=O)(=O)C3CC3)C3CC3)C2=O)CC1. The van der Waals surface area contributed by atoms with Gasteiger partial charge in [-0.25, -0.2) is 13.1 Å². The summed E-state index contributed by atoms with van der Waals surface area (Å²) < 4.78 is 34.0. The maximum absolute atomic E-state index is 15.0. The number of halogens is 2. The van der Waals surface area contributed by atoms with Gasteiger partial charge in [0.1, 0.15) is 0 Å². The Bertz CT molecular complexity index is 1450. The third-order valence-corrected chi connectivity index (χ3v) is 12.3. The first-order valence-corrected chi connectivity index (χ1v) is 16.7. The molecule has 0 unspecified atom stereocenters. The van der Waals surface area contributed by atoms with Crippen molar-refractivity contribution in [3.8, 4) is 0 Å². The van der Waals surface area contributed by atoms with Crippen molar-refractivity contribution in [3.63, 3.8) is 0 Å². The number of piperidine rings is 1. The van der Waals surface area contributed by atoms with Gasteiger partial charge in [0.25, 0.3) is 0 Å². The topological polar surface area (TPSA) is 92.8 Å². The molecule has 4 aliphatic rings. The lowest BCUT2D eigenvalue weighted by Gasteiger charge is -2.54. The number of carbonyl (C=O) groups excluding carboxylic acids is 2. The van der Waals surface area contributed by atoms with Crippen LogP contribution in [0.5, 0.6) is 0 Å². The Kier molecular flexibility index (Phi) is 7.45. The Balaban J connectivity index is 1.50. The van der Waals surface area contributed by atoms with Crippen molar-refractivity contribution < 1.29 is 22.7 Å². The van der Waals surface area contributed by atoms with Crippen LogP contribution in [0, 0.1) is 16.7 Å². The van der Waals surface area contributed by atoms with Crippen molar-refractivity contribution in [2.24, 2.45) is 16.7 Å². The minimum Gasteiger partial charge on any atom is -0.469 e. The van der Waals surface area contributed by atoms with Gasteiger partial charge in [-0.3, -0.25) is 9.59 Å². The third kappa shape index (κ3) is 5.19. The lowest BCUT2D eigenvalue weighted by atomic mass is 9.61. The van der Waals surface area contributed by atoms with E-state index in [1.807, 2.05) is 60.4 Å². The number of nitrogens with zero attached hydrogens (tertiary/aromatic N) is 1. The molecule has 6 rings (SSSR count). The zero-order valence-electron chi connectivity index (χ0n) is 23.3. The molecule has 220 valence electrons. The van der Waals surface area contributed by atoms with Crippen LogP contribution in [0.4, 0.5) is 0 Å². The molecule has 0 spiro atoms. The molecule has 4 fully saturated rings. The third-order valence-electron chi connectivity index (χ3n) is 9.87. The molecule has 1 saturated heterocycles. The summed E-state index contributed by atoms with van der Waals surface area (Å²) in [6.45, 7) is 2.04. The quantitative estimate of drug-likeness (QED) is 0.336. The second kappa shape index (κ2) is 10.5. The molecule has 3 aliphatic carbocycles. The summed E-state index contributed by atoms with van der Waals surface area (Å²) in [4.78, 5) is 30.2. The Morgan fingerprint density at radius 1 is 1.05 bits per heavy atom. The fourth-order valence-electron chi connectivity index (χ4n) is 7.06. The molecule has 1 amide bonds. The molecule has 0 bridgehead atoms. The fourth-order valence-corrected chi connectivity index (χ4v) is 8.78. The van der Waals surface area contributed by atoms with Crippen molar-refractivity contribution in [3.05, 3.63) is 69.7 Å². The van der Waals surface area contributed by atoms with Crippen molar-refractivity contribution in [2.75, 3.05) is 13.7 Å². The number of esters is 1. The van der Waals surface area contributed by atoms with Crippen LogP contribution >= 0.6 is 23.2 Å². The van der Waals surface area contributed by atoms with E-state index in [0.29, 0.717) is 42.1 Å². The van der Waals surface area contributed by atoms with Gasteiger partial charge in [0.05, 0.1) is 29.2 Å². The van der Waals surface area contributed by atoms with Gasteiger partial charge in [-0.05, 0) is 93.2 Å². The van der Waals surface area contributed by atoms with Gasteiger partial charge in [0.2, 0.25) is 15.9 Å². The number of carbonyl (C=O) groups is 2. The van der Waals surface area contributed by atoms with Gasteiger partial charge in [0.15, 0.2) is 0 Å². The highest BCUT2D eigenvalue weighted by molar-refractivity contribution is 7.90. The molecule has 0 radical (unpaired) electrons. The summed E-state index contributed by atoms with van der Waals surface area (Å²) >= 11 is 12.8. The first kappa shape index (κ1) is 29.0. The molecular formula is C31H36Cl2N2O5S. The predicted molar refractivity (Wildman–Crippen MR) is 158 cm³/mol. The van der Waals surface area contributed by atoms with E-state index in [0.717, 1.165) is 24.0 Å². The summed E-state index contributed by atoms with van der Waals surface area (Å²) in [5.74, 6) is -0.533. The van der Waals surface area contributed by atoms with Crippen molar-refractivity contribution >= 4 is 45.1 Å². The predicted octanol–water partition coefficient (Wildman–Crippen LogP) is 5.87. The number of rotatable bonds is 10. The number of hydrogen-bond acceptors (Lipinski definition) is 5. The van der Waals surface area contributed by atoms with E-state index >= 15 is 0 Å². The maximum atomic E-state index is 15.0. The smallest absolute Gasteiger partial charge is 0.312 e. The Morgan fingerprint density at radius 3 is 2.29 bits per heavy atom. The molecule has 2 aromatic rings. The number of methoxy groups -OCH3 is 1. The summed E-state index contributed by atoms with van der Waals surface area (Å²) in [6, 6.07) is 14.4. The zero-order chi connectivity index (χ0) is 29.2. The zero-order valence-corrected chi connectivity index (χ0v) is 25.6. The minimum atomic E-state index is -3.46. The number of hydrogen-bond donors (Lipinski definition) is 1. The number of likely N-dealkylation sites (tertiary alicyclic amines) is 1. The highest BCUT2D eigenvalue weighted by Crippen LogP contribution is 2.67. The molecule has 1 heterocycles. The highest BCUT2D eigenvalue weighted by Gasteiger charge is 2.70. The standard InChI is InChI=1S/C31H36Cl2N2O5S/c1-30(31(14-15-31)29(37)40-2)17-25(21-4-3-5-23(33)16-21)27(20-8-10-22(32)11-9-20)35(28(30)36)26(19-6-7-19)18-34-41(38,39)24-12-13-24/h3-5,8-11,16,19,24-27,34H,6-7,12-15,17-18H2,1-2H3/t25-,26-,27-,30-/m1/s1. The summed E-state index contributed by atoms with van der Waals surface area (Å²) in [7, 11) is -2.09. The molecule has 10 heteroatoms. The van der Waals surface area contributed by atoms with Crippen LogP contribution in [0.25, 0.3) is 0 Å². The summed E-state index contributed by atoms with van der Waals surface area (Å²) in [5.41, 5.74) is -0.0812. The van der Waals surface area contributed by atoms with E-state index in [9.17, 15) is 18.0 Å². The molecule has 2 aromatic carbocycles. The van der Waals surface area contributed by atoms with Gasteiger partial charge >= 0.3 is 5.97 Å². The number of benzene rings is 2. The monoisotopic (exact) mass is 618 g/mol. The molecule has 7 nitrogen and oxygen atoms in total. The first-order valence-electron chi connectivity index (χ1n) is 14.4. The van der Waals surface area contributed by atoms with Crippen LogP contribution in [0.3, 0.4) is 0 Å². The molecule has 1 N–H and O–H groups in total. The average Bonchev–Trinajstić information content (AvgIpc) is 3.79. The number of nitrogens with one attached hydrogen (secondary N) is 1. The van der Waals surface area contributed by atoms with Crippen LogP contribution < -0.4 is 4.72 Å². The number of ether oxygens (including phenoxy) is 1. The number of sulfonamides is 1.